The van der Waals surface area contributed by atoms with Crippen LogP contribution in [-0.2, 0) is 19.5 Å². The van der Waals surface area contributed by atoms with Gasteiger partial charge in [-0.2, -0.15) is 0 Å². The van der Waals surface area contributed by atoms with Crippen LogP contribution >= 0.6 is 24.0 Å². The first-order valence-electron chi connectivity index (χ1n) is 11.5. The van der Waals surface area contributed by atoms with Crippen LogP contribution in [0.15, 0.2) is 53.5 Å². The van der Waals surface area contributed by atoms with E-state index in [9.17, 15) is 0 Å². The van der Waals surface area contributed by atoms with Gasteiger partial charge in [0.1, 0.15) is 11.9 Å². The van der Waals surface area contributed by atoms with Crippen molar-refractivity contribution in [2.45, 2.75) is 32.5 Å². The minimum atomic E-state index is 0. The smallest absolute Gasteiger partial charge is 0.191 e. The molecule has 0 spiro atoms. The van der Waals surface area contributed by atoms with Gasteiger partial charge in [0.05, 0.1) is 6.54 Å². The lowest BCUT2D eigenvalue weighted by molar-refractivity contribution is 0.131. The SMILES string of the molecule is CCN1CCN(Cc2ccccc2CNC(=NC)NCC2Cc3ccccc3O2)CC1.I. The molecule has 4 rings (SSSR count). The van der Waals surface area contributed by atoms with Gasteiger partial charge in [0.25, 0.3) is 0 Å². The molecule has 2 aromatic carbocycles. The Bertz CT molecular complexity index is 857. The van der Waals surface area contributed by atoms with Gasteiger partial charge in [-0.15, -0.1) is 24.0 Å². The summed E-state index contributed by atoms with van der Waals surface area (Å²) < 4.78 is 6.03. The molecule has 2 aliphatic heterocycles. The van der Waals surface area contributed by atoms with Gasteiger partial charge < -0.3 is 20.3 Å². The second kappa shape index (κ2) is 12.4. The van der Waals surface area contributed by atoms with Gasteiger partial charge in [-0.3, -0.25) is 9.89 Å². The molecule has 1 fully saturated rings. The molecule has 7 heteroatoms. The van der Waals surface area contributed by atoms with E-state index in [2.05, 4.69) is 68.7 Å². The zero-order valence-corrected chi connectivity index (χ0v) is 21.5. The molecule has 6 nitrogen and oxygen atoms in total. The molecule has 2 N–H and O–H groups in total. The Hall–Kier alpha value is -1.84. The van der Waals surface area contributed by atoms with Crippen LogP contribution in [0.2, 0.25) is 0 Å². The molecule has 0 radical (unpaired) electrons. The van der Waals surface area contributed by atoms with Gasteiger partial charge in [0.2, 0.25) is 0 Å². The maximum absolute atomic E-state index is 6.03. The van der Waals surface area contributed by atoms with Crippen molar-refractivity contribution in [2.75, 3.05) is 46.3 Å². The van der Waals surface area contributed by atoms with Gasteiger partial charge in [-0.05, 0) is 29.3 Å². The molecule has 0 bridgehead atoms. The molecule has 0 aliphatic carbocycles. The normalized spacial score (nSPS) is 19.1. The Morgan fingerprint density at radius 2 is 1.66 bits per heavy atom. The van der Waals surface area contributed by atoms with Crippen molar-refractivity contribution in [1.29, 1.82) is 0 Å². The van der Waals surface area contributed by atoms with Crippen molar-refractivity contribution >= 4 is 29.9 Å². The third kappa shape index (κ3) is 6.59. The Morgan fingerprint density at radius 3 is 2.38 bits per heavy atom. The number of benzene rings is 2. The number of ether oxygens (including phenoxy) is 1. The standard InChI is InChI=1S/C25H35N5O.HI/c1-3-29-12-14-30(15-13-29)19-22-10-5-4-9-21(22)17-27-25(26-2)28-18-23-16-20-8-6-7-11-24(20)31-23;/h4-11,23H,3,12-19H2,1-2H3,(H2,26,27,28);1H. The maximum Gasteiger partial charge on any atom is 0.191 e. The highest BCUT2D eigenvalue weighted by Crippen LogP contribution is 2.27. The third-order valence-electron chi connectivity index (χ3n) is 6.31. The zero-order chi connectivity index (χ0) is 21.5. The van der Waals surface area contributed by atoms with Crippen molar-refractivity contribution in [2.24, 2.45) is 4.99 Å². The van der Waals surface area contributed by atoms with Gasteiger partial charge in [-0.1, -0.05) is 49.4 Å². The number of nitrogens with one attached hydrogen (secondary N) is 2. The number of rotatable bonds is 7. The lowest BCUT2D eigenvalue weighted by Gasteiger charge is -2.34. The summed E-state index contributed by atoms with van der Waals surface area (Å²) >= 11 is 0. The topological polar surface area (TPSA) is 52.1 Å². The number of fused-ring (bicyclic) bond motifs is 1. The van der Waals surface area contributed by atoms with E-state index in [-0.39, 0.29) is 30.1 Å². The highest BCUT2D eigenvalue weighted by atomic mass is 127. The average Bonchev–Trinajstić information content (AvgIpc) is 3.23. The van der Waals surface area contributed by atoms with E-state index in [0.717, 1.165) is 57.4 Å². The predicted octanol–water partition coefficient (Wildman–Crippen LogP) is 3.11. The van der Waals surface area contributed by atoms with E-state index >= 15 is 0 Å². The fourth-order valence-corrected chi connectivity index (χ4v) is 4.37. The largest absolute Gasteiger partial charge is 0.488 e. The number of para-hydroxylation sites is 1. The monoisotopic (exact) mass is 549 g/mol. The van der Waals surface area contributed by atoms with Crippen LogP contribution in [0.1, 0.15) is 23.6 Å². The second-order valence-electron chi connectivity index (χ2n) is 8.34. The summed E-state index contributed by atoms with van der Waals surface area (Å²) in [5.74, 6) is 1.82. The molecule has 0 saturated carbocycles. The quantitative estimate of drug-likeness (QED) is 0.316. The van der Waals surface area contributed by atoms with Crippen LogP contribution in [0, 0.1) is 0 Å². The van der Waals surface area contributed by atoms with Crippen molar-refractivity contribution in [3.63, 3.8) is 0 Å². The molecule has 0 amide bonds. The van der Waals surface area contributed by atoms with Gasteiger partial charge in [-0.25, -0.2) is 0 Å². The molecule has 1 unspecified atom stereocenters. The molecule has 2 aromatic rings. The van der Waals surface area contributed by atoms with Crippen LogP contribution in [-0.4, -0.2) is 68.2 Å². The number of hydrogen-bond acceptors (Lipinski definition) is 4. The van der Waals surface area contributed by atoms with Crippen molar-refractivity contribution in [1.82, 2.24) is 20.4 Å². The molecule has 174 valence electrons. The molecule has 2 heterocycles. The fourth-order valence-electron chi connectivity index (χ4n) is 4.37. The number of likely N-dealkylation sites (N-methyl/N-ethyl adjacent to an activating group) is 1. The number of nitrogens with zero attached hydrogens (tertiary/aromatic N) is 3. The van der Waals surface area contributed by atoms with Crippen molar-refractivity contribution < 1.29 is 4.74 Å². The van der Waals surface area contributed by atoms with Crippen molar-refractivity contribution in [3.05, 3.63) is 65.2 Å². The van der Waals surface area contributed by atoms with Gasteiger partial charge in [0.15, 0.2) is 5.96 Å². The second-order valence-corrected chi connectivity index (χ2v) is 8.34. The summed E-state index contributed by atoms with van der Waals surface area (Å²) in [5.41, 5.74) is 4.00. The van der Waals surface area contributed by atoms with Crippen LogP contribution in [0.3, 0.4) is 0 Å². The van der Waals surface area contributed by atoms with E-state index in [1.807, 2.05) is 19.2 Å². The summed E-state index contributed by atoms with van der Waals surface area (Å²) in [6.07, 6.45) is 1.08. The molecule has 0 aromatic heterocycles. The minimum Gasteiger partial charge on any atom is -0.488 e. The van der Waals surface area contributed by atoms with E-state index in [1.54, 1.807) is 0 Å². The number of guanidine groups is 1. The van der Waals surface area contributed by atoms with Gasteiger partial charge >= 0.3 is 0 Å². The minimum absolute atomic E-state index is 0. The van der Waals surface area contributed by atoms with Crippen molar-refractivity contribution in [3.8, 4) is 5.75 Å². The molecule has 32 heavy (non-hydrogen) atoms. The van der Waals surface area contributed by atoms with Crippen LogP contribution in [0.5, 0.6) is 5.75 Å². The lowest BCUT2D eigenvalue weighted by atomic mass is 10.1. The first-order valence-corrected chi connectivity index (χ1v) is 11.5. The number of aliphatic imine (C=N–C) groups is 1. The Balaban J connectivity index is 0.00000289. The van der Waals surface area contributed by atoms with Crippen LogP contribution < -0.4 is 15.4 Å². The van der Waals surface area contributed by atoms with E-state index in [1.165, 1.54) is 29.8 Å². The first-order chi connectivity index (χ1) is 15.2. The summed E-state index contributed by atoms with van der Waals surface area (Å²) in [6.45, 7) is 10.5. The van der Waals surface area contributed by atoms with E-state index in [0.29, 0.717) is 0 Å². The first kappa shape index (κ1) is 24.8. The highest BCUT2D eigenvalue weighted by molar-refractivity contribution is 14.0. The Kier molecular flexibility index (Phi) is 9.62. The molecular weight excluding hydrogens is 513 g/mol. The maximum atomic E-state index is 6.03. The molecule has 1 atom stereocenters. The summed E-state index contributed by atoms with van der Waals surface area (Å²) in [5, 5.41) is 6.91. The Labute approximate surface area is 209 Å². The fraction of sp³-hybridized carbons (Fsp3) is 0.480. The van der Waals surface area contributed by atoms with Crippen LogP contribution in [0.4, 0.5) is 0 Å². The molecule has 1 saturated heterocycles. The van der Waals surface area contributed by atoms with E-state index in [4.69, 9.17) is 4.74 Å². The Morgan fingerprint density at radius 1 is 0.969 bits per heavy atom. The summed E-state index contributed by atoms with van der Waals surface area (Å²) in [4.78, 5) is 9.48. The predicted molar refractivity (Wildman–Crippen MR) is 142 cm³/mol. The summed E-state index contributed by atoms with van der Waals surface area (Å²) in [7, 11) is 1.82. The number of piperazine rings is 1. The highest BCUT2D eigenvalue weighted by Gasteiger charge is 2.22. The lowest BCUT2D eigenvalue weighted by Crippen LogP contribution is -2.45. The van der Waals surface area contributed by atoms with E-state index < -0.39 is 0 Å². The van der Waals surface area contributed by atoms with Crippen LogP contribution in [0.25, 0.3) is 0 Å². The average molecular weight is 550 g/mol. The summed E-state index contributed by atoms with van der Waals surface area (Å²) in [6, 6.07) is 17.0. The third-order valence-corrected chi connectivity index (χ3v) is 6.31. The molecular formula is C25H36IN5O. The van der Waals surface area contributed by atoms with Gasteiger partial charge in [0, 0.05) is 52.7 Å². The number of hydrogen-bond donors (Lipinski definition) is 2. The number of halogens is 1. The molecule has 2 aliphatic rings. The zero-order valence-electron chi connectivity index (χ0n) is 19.2.